The van der Waals surface area contributed by atoms with Crippen molar-refractivity contribution in [3.05, 3.63) is 41.8 Å². The van der Waals surface area contributed by atoms with Crippen LogP contribution in [0.4, 0.5) is 0 Å². The predicted molar refractivity (Wildman–Crippen MR) is 60.8 cm³/mol. The van der Waals surface area contributed by atoms with Gasteiger partial charge in [-0.15, -0.1) is 0 Å². The van der Waals surface area contributed by atoms with Gasteiger partial charge in [-0.3, -0.25) is 0 Å². The number of para-hydroxylation sites is 1. The third kappa shape index (κ3) is 2.42. The van der Waals surface area contributed by atoms with E-state index in [4.69, 9.17) is 14.6 Å². The van der Waals surface area contributed by atoms with Gasteiger partial charge in [-0.05, 0) is 12.1 Å². The number of methoxy groups -OCH3 is 1. The third-order valence-electron chi connectivity index (χ3n) is 2.28. The summed E-state index contributed by atoms with van der Waals surface area (Å²) >= 11 is 0. The summed E-state index contributed by atoms with van der Waals surface area (Å²) in [6.07, 6.45) is 1.42. The normalized spacial score (nSPS) is 10.1. The molecular weight excluding hydrogens is 238 g/mol. The lowest BCUT2D eigenvalue weighted by Crippen LogP contribution is -2.05. The van der Waals surface area contributed by atoms with Gasteiger partial charge in [0.05, 0.1) is 7.11 Å². The summed E-state index contributed by atoms with van der Waals surface area (Å²) in [4.78, 5) is 11.1. The van der Waals surface area contributed by atoms with Gasteiger partial charge >= 0.3 is 5.97 Å². The molecule has 0 spiro atoms. The van der Waals surface area contributed by atoms with Crippen molar-refractivity contribution in [1.29, 1.82) is 0 Å². The zero-order chi connectivity index (χ0) is 13.0. The van der Waals surface area contributed by atoms with Gasteiger partial charge in [0.15, 0.2) is 11.5 Å². The molecule has 0 amide bonds. The minimum atomic E-state index is -1.08. The van der Waals surface area contributed by atoms with Crippen LogP contribution >= 0.6 is 0 Å². The highest BCUT2D eigenvalue weighted by molar-refractivity contribution is 5.92. The van der Waals surface area contributed by atoms with Crippen LogP contribution in [0.2, 0.25) is 0 Å². The van der Waals surface area contributed by atoms with Crippen molar-refractivity contribution in [2.75, 3.05) is 7.11 Å². The summed E-state index contributed by atoms with van der Waals surface area (Å²) in [5.74, 6) is -0.544. The van der Waals surface area contributed by atoms with Gasteiger partial charge in [-0.1, -0.05) is 11.2 Å². The molecule has 2 aromatic rings. The SMILES string of the molecule is COc1cccc(C(=O)O)c1OCc1ccon1. The number of carboxylic acid groups (broad SMARTS) is 1. The maximum Gasteiger partial charge on any atom is 0.339 e. The maximum absolute atomic E-state index is 11.1. The van der Waals surface area contributed by atoms with Crippen LogP contribution in [-0.2, 0) is 6.61 Å². The number of carbonyl (C=O) groups is 1. The topological polar surface area (TPSA) is 81.8 Å². The van der Waals surface area contributed by atoms with E-state index < -0.39 is 5.97 Å². The zero-order valence-electron chi connectivity index (χ0n) is 9.62. The molecule has 1 aromatic heterocycles. The molecular formula is C12H11NO5. The van der Waals surface area contributed by atoms with Gasteiger partial charge in [0, 0.05) is 6.07 Å². The van der Waals surface area contributed by atoms with Crippen molar-refractivity contribution in [3.63, 3.8) is 0 Å². The van der Waals surface area contributed by atoms with E-state index in [1.54, 1.807) is 18.2 Å². The van der Waals surface area contributed by atoms with E-state index in [-0.39, 0.29) is 17.9 Å². The summed E-state index contributed by atoms with van der Waals surface area (Å²) in [6, 6.07) is 6.30. The first kappa shape index (κ1) is 12.0. The van der Waals surface area contributed by atoms with Gasteiger partial charge in [0.1, 0.15) is 24.1 Å². The monoisotopic (exact) mass is 249 g/mol. The molecule has 0 saturated heterocycles. The molecule has 6 nitrogen and oxygen atoms in total. The molecule has 1 heterocycles. The fourth-order valence-corrected chi connectivity index (χ4v) is 1.45. The lowest BCUT2D eigenvalue weighted by Gasteiger charge is -2.11. The highest BCUT2D eigenvalue weighted by Crippen LogP contribution is 2.31. The van der Waals surface area contributed by atoms with Crippen LogP contribution in [0.5, 0.6) is 11.5 Å². The number of benzene rings is 1. The van der Waals surface area contributed by atoms with E-state index in [1.807, 2.05) is 0 Å². The van der Waals surface area contributed by atoms with Crippen molar-refractivity contribution in [2.24, 2.45) is 0 Å². The van der Waals surface area contributed by atoms with E-state index >= 15 is 0 Å². The molecule has 94 valence electrons. The van der Waals surface area contributed by atoms with E-state index in [0.29, 0.717) is 11.4 Å². The van der Waals surface area contributed by atoms with Crippen molar-refractivity contribution in [2.45, 2.75) is 6.61 Å². The molecule has 1 aromatic carbocycles. The second-order valence-corrected chi connectivity index (χ2v) is 3.42. The number of nitrogens with zero attached hydrogens (tertiary/aromatic N) is 1. The molecule has 1 N–H and O–H groups in total. The summed E-state index contributed by atoms with van der Waals surface area (Å²) < 4.78 is 15.2. The first-order valence-electron chi connectivity index (χ1n) is 5.14. The summed E-state index contributed by atoms with van der Waals surface area (Å²) in [7, 11) is 1.45. The van der Waals surface area contributed by atoms with Crippen LogP contribution in [0.3, 0.4) is 0 Å². The van der Waals surface area contributed by atoms with E-state index in [2.05, 4.69) is 9.68 Å². The van der Waals surface area contributed by atoms with E-state index in [1.165, 1.54) is 19.4 Å². The number of aromatic nitrogens is 1. The van der Waals surface area contributed by atoms with Crippen LogP contribution in [-0.4, -0.2) is 23.3 Å². The Labute approximate surface area is 103 Å². The average molecular weight is 249 g/mol. The Morgan fingerprint density at radius 2 is 2.28 bits per heavy atom. The lowest BCUT2D eigenvalue weighted by molar-refractivity contribution is 0.0690. The molecule has 6 heteroatoms. The summed E-state index contributed by atoms with van der Waals surface area (Å²) in [5, 5.41) is 12.7. The first-order chi connectivity index (χ1) is 8.72. The lowest BCUT2D eigenvalue weighted by atomic mass is 10.2. The molecule has 2 rings (SSSR count). The standard InChI is InChI=1S/C12H11NO5/c1-16-10-4-2-3-9(12(14)15)11(10)17-7-8-5-6-18-13-8/h2-6H,7H2,1H3,(H,14,15). The Bertz CT molecular complexity index is 535. The van der Waals surface area contributed by atoms with Crippen LogP contribution in [0.1, 0.15) is 16.1 Å². The molecule has 18 heavy (non-hydrogen) atoms. The highest BCUT2D eigenvalue weighted by Gasteiger charge is 2.16. The summed E-state index contributed by atoms with van der Waals surface area (Å²) in [5.41, 5.74) is 0.607. The Balaban J connectivity index is 2.26. The van der Waals surface area contributed by atoms with Crippen LogP contribution in [0.15, 0.2) is 35.1 Å². The smallest absolute Gasteiger partial charge is 0.339 e. The molecule has 0 aliphatic rings. The molecule has 0 aliphatic heterocycles. The largest absolute Gasteiger partial charge is 0.493 e. The Morgan fingerprint density at radius 1 is 1.44 bits per heavy atom. The molecule has 0 saturated carbocycles. The molecule has 0 fully saturated rings. The van der Waals surface area contributed by atoms with Gasteiger partial charge in [0.25, 0.3) is 0 Å². The molecule has 0 aliphatic carbocycles. The minimum absolute atomic E-state index is 0.0397. The number of carboxylic acids is 1. The quantitative estimate of drug-likeness (QED) is 0.872. The summed E-state index contributed by atoms with van der Waals surface area (Å²) in [6.45, 7) is 0.108. The van der Waals surface area contributed by atoms with Gasteiger partial charge < -0.3 is 19.1 Å². The Morgan fingerprint density at radius 3 is 2.89 bits per heavy atom. The van der Waals surface area contributed by atoms with Gasteiger partial charge in [-0.2, -0.15) is 0 Å². The number of hydrogen-bond acceptors (Lipinski definition) is 5. The Hall–Kier alpha value is -2.50. The molecule has 0 radical (unpaired) electrons. The number of aromatic carboxylic acids is 1. The third-order valence-corrected chi connectivity index (χ3v) is 2.28. The predicted octanol–water partition coefficient (Wildman–Crippen LogP) is 1.96. The van der Waals surface area contributed by atoms with E-state index in [0.717, 1.165) is 0 Å². The second kappa shape index (κ2) is 5.22. The van der Waals surface area contributed by atoms with Crippen LogP contribution in [0, 0.1) is 0 Å². The molecule has 0 bridgehead atoms. The molecule has 0 atom stereocenters. The Kier molecular flexibility index (Phi) is 3.47. The van der Waals surface area contributed by atoms with Crippen molar-refractivity contribution < 1.29 is 23.9 Å². The number of rotatable bonds is 5. The fourth-order valence-electron chi connectivity index (χ4n) is 1.45. The first-order valence-corrected chi connectivity index (χ1v) is 5.14. The number of ether oxygens (including phenoxy) is 2. The minimum Gasteiger partial charge on any atom is -0.493 e. The van der Waals surface area contributed by atoms with Crippen LogP contribution in [0.25, 0.3) is 0 Å². The van der Waals surface area contributed by atoms with Gasteiger partial charge in [-0.25, -0.2) is 4.79 Å². The maximum atomic E-state index is 11.1. The van der Waals surface area contributed by atoms with Gasteiger partial charge in [0.2, 0.25) is 0 Å². The van der Waals surface area contributed by atoms with Crippen molar-refractivity contribution >= 4 is 5.97 Å². The molecule has 0 unspecified atom stereocenters. The van der Waals surface area contributed by atoms with Crippen molar-refractivity contribution in [1.82, 2.24) is 5.16 Å². The highest BCUT2D eigenvalue weighted by atomic mass is 16.5. The zero-order valence-corrected chi connectivity index (χ0v) is 9.62. The average Bonchev–Trinajstić information content (AvgIpc) is 2.88. The number of hydrogen-bond donors (Lipinski definition) is 1. The fraction of sp³-hybridized carbons (Fsp3) is 0.167. The van der Waals surface area contributed by atoms with Crippen LogP contribution < -0.4 is 9.47 Å². The van der Waals surface area contributed by atoms with E-state index in [9.17, 15) is 4.79 Å². The second-order valence-electron chi connectivity index (χ2n) is 3.42. The van der Waals surface area contributed by atoms with Crippen molar-refractivity contribution in [3.8, 4) is 11.5 Å².